The Labute approximate surface area is 213 Å². The van der Waals surface area contributed by atoms with Gasteiger partial charge in [-0.2, -0.15) is 0 Å². The lowest BCUT2D eigenvalue weighted by atomic mass is 10.0. The summed E-state index contributed by atoms with van der Waals surface area (Å²) in [6.45, 7) is 4.52. The van der Waals surface area contributed by atoms with Crippen molar-refractivity contribution >= 4 is 67.1 Å². The van der Waals surface area contributed by atoms with Crippen LogP contribution >= 0.6 is 61.1 Å². The summed E-state index contributed by atoms with van der Waals surface area (Å²) < 4.78 is 13.0. The zero-order valence-corrected chi connectivity index (χ0v) is 22.7. The zero-order valence-electron chi connectivity index (χ0n) is 16.8. The maximum absolute atomic E-state index is 11.3. The molecule has 1 N–H and O–H groups in total. The molecule has 0 aliphatic heterocycles. The van der Waals surface area contributed by atoms with Crippen molar-refractivity contribution in [2.75, 3.05) is 13.2 Å². The Hall–Kier alpha value is -0.830. The van der Waals surface area contributed by atoms with Crippen LogP contribution in [0.15, 0.2) is 56.1 Å². The Morgan fingerprint density at radius 1 is 1.47 bits per heavy atom. The molecule has 0 spiro atoms. The molecular weight excluding hydrogens is 674 g/mol. The Morgan fingerprint density at radius 2 is 2.23 bits per heavy atom. The van der Waals surface area contributed by atoms with Crippen molar-refractivity contribution in [2.24, 2.45) is 0 Å². The number of carbonyl (C=O) groups is 1. The van der Waals surface area contributed by atoms with Gasteiger partial charge >= 0.3 is 5.97 Å². The van der Waals surface area contributed by atoms with Crippen LogP contribution in [0, 0.1) is 11.8 Å². The summed E-state index contributed by atoms with van der Waals surface area (Å²) in [4.78, 5) is 11.3. The van der Waals surface area contributed by atoms with Gasteiger partial charge in [0.15, 0.2) is 6.10 Å². The number of alkyl halides is 1. The largest absolute Gasteiger partial charge is 0.488 e. The quantitative estimate of drug-likeness (QED) is 0.198. The highest BCUT2D eigenvalue weighted by molar-refractivity contribution is 14.1. The van der Waals surface area contributed by atoms with Crippen molar-refractivity contribution < 1.29 is 19.4 Å². The highest BCUT2D eigenvalue weighted by Crippen LogP contribution is 2.34. The zero-order chi connectivity index (χ0) is 22.1. The van der Waals surface area contributed by atoms with Gasteiger partial charge in [0.2, 0.25) is 0 Å². The van der Waals surface area contributed by atoms with E-state index in [1.54, 1.807) is 6.92 Å². The van der Waals surface area contributed by atoms with Gasteiger partial charge in [0.1, 0.15) is 15.8 Å². The first kappa shape index (κ1) is 25.4. The molecule has 1 aliphatic carbocycles. The maximum atomic E-state index is 11.3. The number of aliphatic carboxylic acids is 1. The highest BCUT2D eigenvalue weighted by atomic mass is 127. The summed E-state index contributed by atoms with van der Waals surface area (Å²) >= 11 is 8.24. The number of allylic oxidation sites excluding steroid dienone is 5. The third-order valence-electron chi connectivity index (χ3n) is 4.22. The summed E-state index contributed by atoms with van der Waals surface area (Å²) in [6, 6.07) is 5.56. The molecule has 0 saturated carbocycles. The standard InChI is InChI=1S/C23H23BrI2O4/c1-3-29-21(22(27)28)14-17-6-7-20(19(24)13-17)30-12-9-16(2)8-11-23(26)10-4-5-18(25)15-23/h4-7,9-10,13,21H,3,12,14-15H2,1-2H3,(H,27,28)/t21-,23?/m0/s1. The smallest absolute Gasteiger partial charge is 0.333 e. The van der Waals surface area contributed by atoms with Gasteiger partial charge in [-0.3, -0.25) is 0 Å². The van der Waals surface area contributed by atoms with Crippen LogP contribution in [0.5, 0.6) is 5.75 Å². The lowest BCUT2D eigenvalue weighted by Crippen LogP contribution is -2.26. The molecule has 0 aromatic heterocycles. The van der Waals surface area contributed by atoms with Crippen LogP contribution in [-0.2, 0) is 16.0 Å². The molecule has 160 valence electrons. The number of hydrogen-bond donors (Lipinski definition) is 1. The average Bonchev–Trinajstić information content (AvgIpc) is 2.67. The fourth-order valence-electron chi connectivity index (χ4n) is 2.69. The van der Waals surface area contributed by atoms with Gasteiger partial charge in [0, 0.05) is 19.4 Å². The molecule has 0 radical (unpaired) electrons. The van der Waals surface area contributed by atoms with E-state index in [2.05, 4.69) is 91.2 Å². The Bertz CT molecular complexity index is 927. The average molecular weight is 697 g/mol. The first-order valence-electron chi connectivity index (χ1n) is 9.41. The topological polar surface area (TPSA) is 55.8 Å². The summed E-state index contributed by atoms with van der Waals surface area (Å²) in [5.41, 5.74) is 1.82. The van der Waals surface area contributed by atoms with Gasteiger partial charge in [-0.1, -0.05) is 58.7 Å². The number of hydrogen-bond acceptors (Lipinski definition) is 3. The molecule has 0 heterocycles. The number of carboxylic acids is 1. The molecular formula is C23H23BrI2O4. The minimum Gasteiger partial charge on any atom is -0.488 e. The van der Waals surface area contributed by atoms with Gasteiger partial charge in [0.25, 0.3) is 0 Å². The van der Waals surface area contributed by atoms with Crippen molar-refractivity contribution in [3.8, 4) is 17.6 Å². The van der Waals surface area contributed by atoms with Crippen molar-refractivity contribution in [3.63, 3.8) is 0 Å². The predicted molar refractivity (Wildman–Crippen MR) is 141 cm³/mol. The third kappa shape index (κ3) is 8.36. The second kappa shape index (κ2) is 12.3. The van der Waals surface area contributed by atoms with Crippen LogP contribution in [0.3, 0.4) is 0 Å². The van der Waals surface area contributed by atoms with E-state index in [1.165, 1.54) is 3.58 Å². The van der Waals surface area contributed by atoms with E-state index in [0.717, 1.165) is 22.0 Å². The molecule has 0 saturated heterocycles. The first-order chi connectivity index (χ1) is 14.2. The molecule has 4 nitrogen and oxygen atoms in total. The van der Waals surface area contributed by atoms with E-state index in [4.69, 9.17) is 9.47 Å². The van der Waals surface area contributed by atoms with Crippen molar-refractivity contribution in [2.45, 2.75) is 36.2 Å². The fraction of sp³-hybridized carbons (Fsp3) is 0.348. The van der Waals surface area contributed by atoms with Crippen LogP contribution in [0.4, 0.5) is 0 Å². The lowest BCUT2D eigenvalue weighted by molar-refractivity contribution is -0.149. The van der Waals surface area contributed by atoms with Crippen LogP contribution in [0.1, 0.15) is 25.8 Å². The molecule has 0 amide bonds. The monoisotopic (exact) mass is 696 g/mol. The molecule has 7 heteroatoms. The molecule has 0 fully saturated rings. The molecule has 30 heavy (non-hydrogen) atoms. The summed E-state index contributed by atoms with van der Waals surface area (Å²) in [5.74, 6) is 6.31. The first-order valence-corrected chi connectivity index (χ1v) is 12.4. The second-order valence-electron chi connectivity index (χ2n) is 6.71. The number of rotatable bonds is 8. The number of benzene rings is 1. The Balaban J connectivity index is 1.95. The number of carboxylic acid groups (broad SMARTS) is 1. The number of ether oxygens (including phenoxy) is 2. The molecule has 1 aromatic rings. The van der Waals surface area contributed by atoms with E-state index in [-0.39, 0.29) is 3.42 Å². The number of halogens is 3. The van der Waals surface area contributed by atoms with Crippen molar-refractivity contribution in [1.29, 1.82) is 0 Å². The second-order valence-corrected chi connectivity index (χ2v) is 10.9. The van der Waals surface area contributed by atoms with Gasteiger partial charge in [-0.25, -0.2) is 4.79 Å². The Morgan fingerprint density at radius 3 is 2.87 bits per heavy atom. The molecule has 1 aliphatic rings. The van der Waals surface area contributed by atoms with Gasteiger partial charge in [0.05, 0.1) is 4.47 Å². The van der Waals surface area contributed by atoms with Gasteiger partial charge in [-0.15, -0.1) is 0 Å². The summed E-state index contributed by atoms with van der Waals surface area (Å²) in [7, 11) is 0. The normalized spacial score (nSPS) is 19.5. The van der Waals surface area contributed by atoms with Crippen LogP contribution in [-0.4, -0.2) is 33.8 Å². The predicted octanol–water partition coefficient (Wildman–Crippen LogP) is 6.26. The van der Waals surface area contributed by atoms with E-state index in [9.17, 15) is 9.90 Å². The summed E-state index contributed by atoms with van der Waals surface area (Å²) in [6.07, 6.45) is 8.63. The summed E-state index contributed by atoms with van der Waals surface area (Å²) in [5, 5.41) is 9.23. The molecule has 2 atom stereocenters. The molecule has 1 aromatic carbocycles. The van der Waals surface area contributed by atoms with E-state index < -0.39 is 12.1 Å². The molecule has 1 unspecified atom stereocenters. The lowest BCUT2D eigenvalue weighted by Gasteiger charge is -2.19. The fourth-order valence-corrected chi connectivity index (χ4v) is 5.52. The molecule has 0 bridgehead atoms. The van der Waals surface area contributed by atoms with Crippen molar-refractivity contribution in [1.82, 2.24) is 0 Å². The SMILES string of the molecule is CCO[C@@H](Cc1ccc(OCC=C(C)C#CC2(I)C=CC=C(I)C2)c(Br)c1)C(=O)O. The highest BCUT2D eigenvalue weighted by Gasteiger charge is 2.23. The van der Waals surface area contributed by atoms with Crippen LogP contribution in [0.2, 0.25) is 0 Å². The maximum Gasteiger partial charge on any atom is 0.333 e. The van der Waals surface area contributed by atoms with E-state index in [1.807, 2.05) is 31.2 Å². The van der Waals surface area contributed by atoms with Crippen LogP contribution < -0.4 is 4.74 Å². The third-order valence-corrected chi connectivity index (χ3v) is 6.59. The van der Waals surface area contributed by atoms with Gasteiger partial charge in [-0.05, 0) is 85.3 Å². The van der Waals surface area contributed by atoms with E-state index in [0.29, 0.717) is 25.4 Å². The Kier molecular flexibility index (Phi) is 10.4. The minimum atomic E-state index is -0.960. The van der Waals surface area contributed by atoms with Crippen LogP contribution in [0.25, 0.3) is 0 Å². The molecule has 2 rings (SSSR count). The minimum absolute atomic E-state index is 0.160. The van der Waals surface area contributed by atoms with Crippen molar-refractivity contribution in [3.05, 3.63) is 61.7 Å². The van der Waals surface area contributed by atoms with E-state index >= 15 is 0 Å². The van der Waals surface area contributed by atoms with Gasteiger partial charge < -0.3 is 14.6 Å².